The van der Waals surface area contributed by atoms with Crippen LogP contribution in [0.4, 0.5) is 10.1 Å². The lowest BCUT2D eigenvalue weighted by molar-refractivity contribution is -0.116. The van der Waals surface area contributed by atoms with Gasteiger partial charge < -0.3 is 15.0 Å². The number of benzene rings is 2. The van der Waals surface area contributed by atoms with E-state index in [9.17, 15) is 14.0 Å². The molecule has 0 heterocycles. The van der Waals surface area contributed by atoms with E-state index >= 15 is 0 Å². The second kappa shape index (κ2) is 8.99. The van der Waals surface area contributed by atoms with Crippen LogP contribution in [0.2, 0.25) is 0 Å². The summed E-state index contributed by atoms with van der Waals surface area (Å²) in [6, 6.07) is 12.6. The molecule has 5 nitrogen and oxygen atoms in total. The van der Waals surface area contributed by atoms with E-state index < -0.39 is 5.82 Å². The minimum atomic E-state index is -0.397. The second-order valence-electron chi connectivity index (χ2n) is 6.07. The van der Waals surface area contributed by atoms with Crippen LogP contribution < -0.4 is 15.0 Å². The maximum atomic E-state index is 12.9. The van der Waals surface area contributed by atoms with Gasteiger partial charge in [-0.1, -0.05) is 12.1 Å². The highest BCUT2D eigenvalue weighted by Crippen LogP contribution is 2.28. The summed E-state index contributed by atoms with van der Waals surface area (Å²) in [4.78, 5) is 25.7. The Labute approximate surface area is 152 Å². The molecule has 0 saturated carbocycles. The standard InChI is InChI=1S/C20H23FN2O3/c1-14(2)26-19-7-5-4-6-18(19)23(15(3)24)13-12-22-20(25)16-8-10-17(21)11-9-16/h4-11,14H,12-13H2,1-3H3,(H,22,25). The molecule has 2 amide bonds. The third-order valence-corrected chi connectivity index (χ3v) is 3.63. The largest absolute Gasteiger partial charge is 0.489 e. The quantitative estimate of drug-likeness (QED) is 0.825. The third-order valence-electron chi connectivity index (χ3n) is 3.63. The first-order chi connectivity index (χ1) is 12.4. The van der Waals surface area contributed by atoms with Crippen LogP contribution in [-0.2, 0) is 4.79 Å². The van der Waals surface area contributed by atoms with Crippen LogP contribution >= 0.6 is 0 Å². The maximum Gasteiger partial charge on any atom is 0.251 e. The zero-order valence-corrected chi connectivity index (χ0v) is 15.2. The lowest BCUT2D eigenvalue weighted by atomic mass is 10.2. The van der Waals surface area contributed by atoms with Gasteiger partial charge in [-0.2, -0.15) is 0 Å². The molecule has 0 bridgehead atoms. The van der Waals surface area contributed by atoms with E-state index in [1.54, 1.807) is 11.0 Å². The highest BCUT2D eigenvalue weighted by atomic mass is 19.1. The molecule has 0 unspecified atom stereocenters. The van der Waals surface area contributed by atoms with Crippen molar-refractivity contribution in [3.8, 4) is 5.75 Å². The summed E-state index contributed by atoms with van der Waals surface area (Å²) < 4.78 is 18.7. The number of nitrogens with zero attached hydrogens (tertiary/aromatic N) is 1. The fourth-order valence-electron chi connectivity index (χ4n) is 2.47. The molecule has 0 aliphatic carbocycles. The fourth-order valence-corrected chi connectivity index (χ4v) is 2.47. The Hall–Kier alpha value is -2.89. The van der Waals surface area contributed by atoms with Crippen molar-refractivity contribution in [1.82, 2.24) is 5.32 Å². The molecule has 0 atom stereocenters. The Morgan fingerprint density at radius 3 is 2.38 bits per heavy atom. The van der Waals surface area contributed by atoms with E-state index in [0.29, 0.717) is 23.5 Å². The van der Waals surface area contributed by atoms with E-state index in [1.807, 2.05) is 32.0 Å². The molecule has 1 N–H and O–H groups in total. The minimum Gasteiger partial charge on any atom is -0.489 e. The fraction of sp³-hybridized carbons (Fsp3) is 0.300. The van der Waals surface area contributed by atoms with Gasteiger partial charge in [-0.15, -0.1) is 0 Å². The van der Waals surface area contributed by atoms with E-state index in [1.165, 1.54) is 31.2 Å². The number of carbonyl (C=O) groups is 2. The Morgan fingerprint density at radius 2 is 1.77 bits per heavy atom. The number of para-hydroxylation sites is 2. The number of nitrogens with one attached hydrogen (secondary N) is 1. The van der Waals surface area contributed by atoms with Crippen LogP contribution in [0.15, 0.2) is 48.5 Å². The first-order valence-electron chi connectivity index (χ1n) is 8.46. The van der Waals surface area contributed by atoms with Crippen molar-refractivity contribution in [3.05, 3.63) is 59.9 Å². The average molecular weight is 358 g/mol. The molecular formula is C20H23FN2O3. The number of ether oxygens (including phenoxy) is 1. The monoisotopic (exact) mass is 358 g/mol. The predicted octanol–water partition coefficient (Wildman–Crippen LogP) is 3.40. The Kier molecular flexibility index (Phi) is 6.72. The highest BCUT2D eigenvalue weighted by Gasteiger charge is 2.17. The Bertz CT molecular complexity index is 760. The first kappa shape index (κ1) is 19.4. The molecule has 2 aromatic carbocycles. The van der Waals surface area contributed by atoms with Gasteiger partial charge in [0.2, 0.25) is 5.91 Å². The van der Waals surface area contributed by atoms with Crippen LogP contribution in [-0.4, -0.2) is 31.0 Å². The lowest BCUT2D eigenvalue weighted by Crippen LogP contribution is -2.37. The van der Waals surface area contributed by atoms with Gasteiger partial charge in [-0.25, -0.2) is 4.39 Å². The van der Waals surface area contributed by atoms with Gasteiger partial charge >= 0.3 is 0 Å². The summed E-state index contributed by atoms with van der Waals surface area (Å²) >= 11 is 0. The summed E-state index contributed by atoms with van der Waals surface area (Å²) in [5, 5.41) is 2.74. The van der Waals surface area contributed by atoms with Crippen molar-refractivity contribution in [1.29, 1.82) is 0 Å². The van der Waals surface area contributed by atoms with Crippen LogP contribution in [0.1, 0.15) is 31.1 Å². The molecule has 2 rings (SSSR count). The summed E-state index contributed by atoms with van der Waals surface area (Å²) in [5.41, 5.74) is 1.02. The van der Waals surface area contributed by atoms with E-state index in [0.717, 1.165) is 0 Å². The van der Waals surface area contributed by atoms with Gasteiger partial charge in [0.15, 0.2) is 0 Å². The third kappa shape index (κ3) is 5.31. The maximum absolute atomic E-state index is 12.9. The topological polar surface area (TPSA) is 58.6 Å². The summed E-state index contributed by atoms with van der Waals surface area (Å²) in [6.45, 7) is 5.84. The SMILES string of the molecule is CC(=O)N(CCNC(=O)c1ccc(F)cc1)c1ccccc1OC(C)C. The highest BCUT2D eigenvalue weighted by molar-refractivity contribution is 5.95. The van der Waals surface area contributed by atoms with E-state index in [2.05, 4.69) is 5.32 Å². The molecule has 0 aliphatic rings. The summed E-state index contributed by atoms with van der Waals surface area (Å²) in [7, 11) is 0. The number of hydrogen-bond acceptors (Lipinski definition) is 3. The number of carbonyl (C=O) groups excluding carboxylic acids is 2. The molecular weight excluding hydrogens is 335 g/mol. The van der Waals surface area contributed by atoms with Gasteiger partial charge in [0.1, 0.15) is 11.6 Å². The van der Waals surface area contributed by atoms with Gasteiger partial charge in [0, 0.05) is 25.6 Å². The van der Waals surface area contributed by atoms with Gasteiger partial charge in [-0.3, -0.25) is 9.59 Å². The molecule has 0 radical (unpaired) electrons. The Balaban J connectivity index is 2.04. The van der Waals surface area contributed by atoms with Crippen molar-refractivity contribution in [2.24, 2.45) is 0 Å². The number of hydrogen-bond donors (Lipinski definition) is 1. The van der Waals surface area contributed by atoms with Crippen molar-refractivity contribution < 1.29 is 18.7 Å². The number of amides is 2. The van der Waals surface area contributed by atoms with Crippen LogP contribution in [0, 0.1) is 5.82 Å². The van der Waals surface area contributed by atoms with Crippen molar-refractivity contribution in [3.63, 3.8) is 0 Å². The molecule has 0 spiro atoms. The number of anilines is 1. The van der Waals surface area contributed by atoms with Crippen molar-refractivity contribution >= 4 is 17.5 Å². The molecule has 0 aromatic heterocycles. The molecule has 0 aliphatic heterocycles. The predicted molar refractivity (Wildman–Crippen MR) is 99.0 cm³/mol. The minimum absolute atomic E-state index is 0.0249. The normalized spacial score (nSPS) is 10.5. The van der Waals surface area contributed by atoms with E-state index in [-0.39, 0.29) is 24.5 Å². The van der Waals surface area contributed by atoms with Crippen molar-refractivity contribution in [2.75, 3.05) is 18.0 Å². The number of rotatable bonds is 7. The zero-order valence-electron chi connectivity index (χ0n) is 15.2. The molecule has 0 fully saturated rings. The van der Waals surface area contributed by atoms with Gasteiger partial charge in [0.25, 0.3) is 5.91 Å². The molecule has 2 aromatic rings. The van der Waals surface area contributed by atoms with Crippen molar-refractivity contribution in [2.45, 2.75) is 26.9 Å². The van der Waals surface area contributed by atoms with Crippen LogP contribution in [0.25, 0.3) is 0 Å². The Morgan fingerprint density at radius 1 is 1.12 bits per heavy atom. The number of halogens is 1. The first-order valence-corrected chi connectivity index (χ1v) is 8.46. The average Bonchev–Trinajstić information content (AvgIpc) is 2.59. The molecule has 138 valence electrons. The smallest absolute Gasteiger partial charge is 0.251 e. The molecule has 6 heteroatoms. The van der Waals surface area contributed by atoms with Crippen LogP contribution in [0.3, 0.4) is 0 Å². The second-order valence-corrected chi connectivity index (χ2v) is 6.07. The summed E-state index contributed by atoms with van der Waals surface area (Å²) in [6.07, 6.45) is -0.0249. The zero-order chi connectivity index (χ0) is 19.1. The van der Waals surface area contributed by atoms with Gasteiger partial charge in [0.05, 0.1) is 11.8 Å². The summed E-state index contributed by atoms with van der Waals surface area (Å²) in [5.74, 6) is -0.255. The van der Waals surface area contributed by atoms with Crippen LogP contribution in [0.5, 0.6) is 5.75 Å². The lowest BCUT2D eigenvalue weighted by Gasteiger charge is -2.24. The van der Waals surface area contributed by atoms with E-state index in [4.69, 9.17) is 4.74 Å². The molecule has 0 saturated heterocycles. The van der Waals surface area contributed by atoms with Gasteiger partial charge in [-0.05, 0) is 50.2 Å². The molecule has 26 heavy (non-hydrogen) atoms.